The lowest BCUT2D eigenvalue weighted by molar-refractivity contribution is 0.488. The van der Waals surface area contributed by atoms with Crippen LogP contribution in [0.2, 0.25) is 0 Å². The van der Waals surface area contributed by atoms with E-state index in [-0.39, 0.29) is 5.63 Å². The number of fused-ring (bicyclic) bond motifs is 1. The summed E-state index contributed by atoms with van der Waals surface area (Å²) in [6, 6.07) is 1.52. The lowest BCUT2D eigenvalue weighted by Crippen LogP contribution is -2.03. The van der Waals surface area contributed by atoms with Crippen molar-refractivity contribution in [2.45, 2.75) is 40.2 Å². The zero-order chi connectivity index (χ0) is 11.7. The second-order valence-corrected chi connectivity index (χ2v) is 4.09. The van der Waals surface area contributed by atoms with Crippen LogP contribution in [0.4, 0.5) is 0 Å². The normalized spacial score (nSPS) is 11.2. The molecule has 86 valence electrons. The van der Waals surface area contributed by atoms with Crippen LogP contribution in [0, 0.1) is 13.8 Å². The monoisotopic (exact) mass is 220 g/mol. The van der Waals surface area contributed by atoms with Crippen LogP contribution in [-0.4, -0.2) is 9.78 Å². The van der Waals surface area contributed by atoms with Crippen molar-refractivity contribution in [3.8, 4) is 0 Å². The molecule has 0 aliphatic heterocycles. The topological polar surface area (TPSA) is 48.0 Å². The van der Waals surface area contributed by atoms with E-state index in [1.54, 1.807) is 4.68 Å². The Hall–Kier alpha value is -1.58. The first-order valence-corrected chi connectivity index (χ1v) is 5.61. The van der Waals surface area contributed by atoms with E-state index in [1.165, 1.54) is 6.07 Å². The Morgan fingerprint density at radius 1 is 1.44 bits per heavy atom. The van der Waals surface area contributed by atoms with Crippen molar-refractivity contribution in [2.24, 2.45) is 0 Å². The van der Waals surface area contributed by atoms with Gasteiger partial charge in [0, 0.05) is 12.6 Å². The van der Waals surface area contributed by atoms with E-state index < -0.39 is 0 Å². The van der Waals surface area contributed by atoms with E-state index >= 15 is 0 Å². The average Bonchev–Trinajstić information content (AvgIpc) is 2.52. The van der Waals surface area contributed by atoms with Gasteiger partial charge in [0.25, 0.3) is 0 Å². The Morgan fingerprint density at radius 3 is 2.88 bits per heavy atom. The number of hydrogen-bond donors (Lipinski definition) is 0. The van der Waals surface area contributed by atoms with Gasteiger partial charge >= 0.3 is 5.63 Å². The molecule has 0 bridgehead atoms. The van der Waals surface area contributed by atoms with Gasteiger partial charge in [0.1, 0.15) is 0 Å². The number of rotatable bonds is 3. The molecule has 0 aromatic carbocycles. The molecule has 0 aliphatic carbocycles. The van der Waals surface area contributed by atoms with E-state index in [4.69, 9.17) is 4.42 Å². The van der Waals surface area contributed by atoms with Gasteiger partial charge in [-0.1, -0.05) is 13.3 Å². The van der Waals surface area contributed by atoms with Crippen LogP contribution < -0.4 is 5.63 Å². The van der Waals surface area contributed by atoms with Crippen LogP contribution in [0.25, 0.3) is 11.1 Å². The summed E-state index contributed by atoms with van der Waals surface area (Å²) >= 11 is 0. The molecule has 0 atom stereocenters. The number of aromatic nitrogens is 2. The second kappa shape index (κ2) is 4.12. The molecule has 0 spiro atoms. The standard InChI is InChI=1S/C12H16N2O2/c1-4-5-6-14-12-11(9(3)13-14)8(2)7-10(15)16-12/h7H,4-6H2,1-3H3. The van der Waals surface area contributed by atoms with Crippen LogP contribution in [0.5, 0.6) is 0 Å². The fourth-order valence-electron chi connectivity index (χ4n) is 1.95. The van der Waals surface area contributed by atoms with Gasteiger partial charge in [-0.3, -0.25) is 0 Å². The van der Waals surface area contributed by atoms with Gasteiger partial charge in [-0.05, 0) is 25.8 Å². The van der Waals surface area contributed by atoms with Gasteiger partial charge < -0.3 is 4.42 Å². The van der Waals surface area contributed by atoms with Crippen molar-refractivity contribution in [3.05, 3.63) is 27.7 Å². The van der Waals surface area contributed by atoms with Crippen LogP contribution in [0.15, 0.2) is 15.3 Å². The first-order chi connectivity index (χ1) is 7.63. The Kier molecular flexibility index (Phi) is 2.81. The SMILES string of the molecule is CCCCn1nc(C)c2c(C)cc(=O)oc21. The lowest BCUT2D eigenvalue weighted by atomic mass is 10.2. The minimum absolute atomic E-state index is 0.303. The molecule has 0 fully saturated rings. The van der Waals surface area contributed by atoms with E-state index in [0.717, 1.165) is 36.0 Å². The summed E-state index contributed by atoms with van der Waals surface area (Å²) in [5.41, 5.74) is 2.16. The fourth-order valence-corrected chi connectivity index (χ4v) is 1.95. The molecule has 4 nitrogen and oxygen atoms in total. The maximum Gasteiger partial charge on any atom is 0.337 e. The molecule has 0 saturated carbocycles. The highest BCUT2D eigenvalue weighted by Gasteiger charge is 2.12. The molecule has 2 aromatic heterocycles. The Morgan fingerprint density at radius 2 is 2.19 bits per heavy atom. The highest BCUT2D eigenvalue weighted by molar-refractivity contribution is 5.79. The molecule has 0 aliphatic rings. The third-order valence-corrected chi connectivity index (χ3v) is 2.73. The van der Waals surface area contributed by atoms with Crippen LogP contribution in [0.1, 0.15) is 31.0 Å². The highest BCUT2D eigenvalue weighted by Crippen LogP contribution is 2.20. The third kappa shape index (κ3) is 1.75. The predicted molar refractivity (Wildman–Crippen MR) is 62.7 cm³/mol. The van der Waals surface area contributed by atoms with E-state index in [2.05, 4.69) is 12.0 Å². The van der Waals surface area contributed by atoms with Crippen molar-refractivity contribution in [3.63, 3.8) is 0 Å². The maximum absolute atomic E-state index is 11.3. The van der Waals surface area contributed by atoms with E-state index in [1.807, 2.05) is 13.8 Å². The van der Waals surface area contributed by atoms with Gasteiger partial charge in [0.2, 0.25) is 5.71 Å². The quantitative estimate of drug-likeness (QED) is 0.798. The minimum atomic E-state index is -0.303. The molecule has 2 rings (SSSR count). The van der Waals surface area contributed by atoms with Crippen molar-refractivity contribution < 1.29 is 4.42 Å². The summed E-state index contributed by atoms with van der Waals surface area (Å²) in [7, 11) is 0. The number of unbranched alkanes of at least 4 members (excludes halogenated alkanes) is 1. The summed E-state index contributed by atoms with van der Waals surface area (Å²) in [5, 5.41) is 5.38. The van der Waals surface area contributed by atoms with Gasteiger partial charge in [0.15, 0.2) is 0 Å². The van der Waals surface area contributed by atoms with Gasteiger partial charge in [-0.25, -0.2) is 9.48 Å². The molecule has 0 amide bonds. The molecule has 0 radical (unpaired) electrons. The fraction of sp³-hybridized carbons (Fsp3) is 0.500. The van der Waals surface area contributed by atoms with Gasteiger partial charge in [0.05, 0.1) is 11.1 Å². The van der Waals surface area contributed by atoms with Crippen molar-refractivity contribution in [1.29, 1.82) is 0 Å². The van der Waals surface area contributed by atoms with E-state index in [0.29, 0.717) is 5.71 Å². The van der Waals surface area contributed by atoms with Crippen LogP contribution >= 0.6 is 0 Å². The summed E-state index contributed by atoms with van der Waals surface area (Å²) in [4.78, 5) is 11.3. The lowest BCUT2D eigenvalue weighted by Gasteiger charge is -2.00. The van der Waals surface area contributed by atoms with Crippen molar-refractivity contribution in [1.82, 2.24) is 9.78 Å². The molecule has 2 heterocycles. The van der Waals surface area contributed by atoms with Gasteiger partial charge in [-0.2, -0.15) is 5.10 Å². The Labute approximate surface area is 93.9 Å². The molecule has 0 saturated heterocycles. The third-order valence-electron chi connectivity index (χ3n) is 2.73. The molecular weight excluding hydrogens is 204 g/mol. The molecule has 2 aromatic rings. The summed E-state index contributed by atoms with van der Waals surface area (Å²) in [6.07, 6.45) is 2.13. The van der Waals surface area contributed by atoms with Gasteiger partial charge in [-0.15, -0.1) is 0 Å². The zero-order valence-electron chi connectivity index (χ0n) is 9.91. The summed E-state index contributed by atoms with van der Waals surface area (Å²) < 4.78 is 7.03. The summed E-state index contributed by atoms with van der Waals surface area (Å²) in [6.45, 7) is 6.78. The Balaban J connectivity index is 2.63. The molecule has 0 unspecified atom stereocenters. The molecule has 16 heavy (non-hydrogen) atoms. The molecular formula is C12H16N2O2. The van der Waals surface area contributed by atoms with Crippen LogP contribution in [-0.2, 0) is 6.54 Å². The van der Waals surface area contributed by atoms with Crippen molar-refractivity contribution >= 4 is 11.1 Å². The average molecular weight is 220 g/mol. The van der Waals surface area contributed by atoms with Crippen molar-refractivity contribution in [2.75, 3.05) is 0 Å². The first-order valence-electron chi connectivity index (χ1n) is 5.61. The first kappa shape index (κ1) is 10.9. The molecule has 4 heteroatoms. The number of aryl methyl sites for hydroxylation is 3. The predicted octanol–water partition coefficient (Wildman–Crippen LogP) is 2.41. The molecule has 0 N–H and O–H groups in total. The largest absolute Gasteiger partial charge is 0.404 e. The number of nitrogens with zero attached hydrogens (tertiary/aromatic N) is 2. The second-order valence-electron chi connectivity index (χ2n) is 4.09. The Bertz CT molecular complexity index is 566. The highest BCUT2D eigenvalue weighted by atomic mass is 16.4. The van der Waals surface area contributed by atoms with E-state index in [9.17, 15) is 4.79 Å². The smallest absolute Gasteiger partial charge is 0.337 e. The van der Waals surface area contributed by atoms with Crippen LogP contribution in [0.3, 0.4) is 0 Å². The minimum Gasteiger partial charge on any atom is -0.404 e. The zero-order valence-corrected chi connectivity index (χ0v) is 9.91. The maximum atomic E-state index is 11.3. The summed E-state index contributed by atoms with van der Waals surface area (Å²) in [5.74, 6) is 0. The number of hydrogen-bond acceptors (Lipinski definition) is 3.